The molecule has 0 bridgehead atoms. The summed E-state index contributed by atoms with van der Waals surface area (Å²) in [6.07, 6.45) is 1.69. The lowest BCUT2D eigenvalue weighted by Crippen LogP contribution is -2.28. The van der Waals surface area contributed by atoms with E-state index in [-0.39, 0.29) is 9.79 Å². The Hall–Kier alpha value is -1.45. The number of halogens is 1. The van der Waals surface area contributed by atoms with Gasteiger partial charge in [0.15, 0.2) is 0 Å². The van der Waals surface area contributed by atoms with Crippen molar-refractivity contribution in [3.63, 3.8) is 0 Å². The summed E-state index contributed by atoms with van der Waals surface area (Å²) in [6, 6.07) is 11.8. The molecule has 9 heteroatoms. The fraction of sp³-hybridized carbons (Fsp3) is 0.333. The van der Waals surface area contributed by atoms with E-state index in [9.17, 15) is 16.8 Å². The quantitative estimate of drug-likeness (QED) is 0.765. The summed E-state index contributed by atoms with van der Waals surface area (Å²) in [5.74, 6) is 0. The highest BCUT2D eigenvalue weighted by molar-refractivity contribution is 7.89. The van der Waals surface area contributed by atoms with Gasteiger partial charge in [-0.25, -0.2) is 21.6 Å². The van der Waals surface area contributed by atoms with Crippen LogP contribution in [0.15, 0.2) is 58.3 Å². The van der Waals surface area contributed by atoms with Gasteiger partial charge in [-0.2, -0.15) is 4.31 Å². The zero-order chi connectivity index (χ0) is 19.7. The Labute approximate surface area is 165 Å². The SMILES string of the molecule is CC(NS(=O)(=O)c1ccc(S(=O)(=O)N2CCCC2)cc1)c1ccccc1Cl. The Bertz CT molecular complexity index is 1020. The lowest BCUT2D eigenvalue weighted by molar-refractivity contribution is 0.477. The molecule has 1 atom stereocenters. The topological polar surface area (TPSA) is 83.5 Å². The number of hydrogen-bond acceptors (Lipinski definition) is 4. The van der Waals surface area contributed by atoms with Gasteiger partial charge in [0.25, 0.3) is 0 Å². The van der Waals surface area contributed by atoms with Gasteiger partial charge in [0.2, 0.25) is 20.0 Å². The molecule has 0 radical (unpaired) electrons. The first kappa shape index (κ1) is 20.3. The molecule has 6 nitrogen and oxygen atoms in total. The molecule has 0 aromatic heterocycles. The fourth-order valence-corrected chi connectivity index (χ4v) is 6.10. The first-order valence-electron chi connectivity index (χ1n) is 8.59. The zero-order valence-corrected chi connectivity index (χ0v) is 17.2. The highest BCUT2D eigenvalue weighted by Crippen LogP contribution is 2.25. The number of nitrogens with one attached hydrogen (secondary N) is 1. The summed E-state index contributed by atoms with van der Waals surface area (Å²) in [4.78, 5) is 0.101. The molecule has 1 N–H and O–H groups in total. The van der Waals surface area contributed by atoms with E-state index in [1.807, 2.05) is 0 Å². The summed E-state index contributed by atoms with van der Waals surface area (Å²) in [5, 5.41) is 0.472. The Morgan fingerprint density at radius 2 is 1.48 bits per heavy atom. The molecule has 1 heterocycles. The van der Waals surface area contributed by atoms with E-state index in [0.717, 1.165) is 12.8 Å². The van der Waals surface area contributed by atoms with Gasteiger partial charge in [-0.1, -0.05) is 29.8 Å². The molecule has 1 aliphatic heterocycles. The molecule has 0 saturated carbocycles. The molecule has 0 spiro atoms. The van der Waals surface area contributed by atoms with Crippen LogP contribution in [0.4, 0.5) is 0 Å². The van der Waals surface area contributed by atoms with Gasteiger partial charge in [0, 0.05) is 24.2 Å². The molecule has 1 saturated heterocycles. The molecule has 1 unspecified atom stereocenters. The molecule has 1 fully saturated rings. The summed E-state index contributed by atoms with van der Waals surface area (Å²) < 4.78 is 54.3. The summed E-state index contributed by atoms with van der Waals surface area (Å²) in [5.41, 5.74) is 0.663. The van der Waals surface area contributed by atoms with Gasteiger partial charge in [-0.05, 0) is 55.7 Å². The van der Waals surface area contributed by atoms with Crippen molar-refractivity contribution >= 4 is 31.6 Å². The maximum absolute atomic E-state index is 12.6. The molecule has 146 valence electrons. The molecule has 0 aliphatic carbocycles. The Kier molecular flexibility index (Phi) is 5.93. The van der Waals surface area contributed by atoms with Crippen LogP contribution >= 0.6 is 11.6 Å². The second-order valence-electron chi connectivity index (χ2n) is 6.45. The summed E-state index contributed by atoms with van der Waals surface area (Å²) in [6.45, 7) is 2.70. The van der Waals surface area contributed by atoms with E-state index < -0.39 is 26.1 Å². The molecule has 0 amide bonds. The predicted molar refractivity (Wildman–Crippen MR) is 105 cm³/mol. The van der Waals surface area contributed by atoms with Gasteiger partial charge >= 0.3 is 0 Å². The molecule has 2 aromatic rings. The minimum Gasteiger partial charge on any atom is -0.207 e. The highest BCUT2D eigenvalue weighted by Gasteiger charge is 2.28. The molecule has 2 aromatic carbocycles. The van der Waals surface area contributed by atoms with Crippen molar-refractivity contribution in [2.45, 2.75) is 35.6 Å². The largest absolute Gasteiger partial charge is 0.243 e. The van der Waals surface area contributed by atoms with Crippen LogP contribution in [0.3, 0.4) is 0 Å². The van der Waals surface area contributed by atoms with Crippen LogP contribution in [0.1, 0.15) is 31.4 Å². The minimum absolute atomic E-state index is 0.00164. The monoisotopic (exact) mass is 428 g/mol. The number of nitrogens with zero attached hydrogens (tertiary/aromatic N) is 1. The van der Waals surface area contributed by atoms with Crippen LogP contribution in [-0.4, -0.2) is 34.2 Å². The number of sulfonamides is 2. The maximum Gasteiger partial charge on any atom is 0.243 e. The average Bonchev–Trinajstić information content (AvgIpc) is 3.17. The van der Waals surface area contributed by atoms with Crippen molar-refractivity contribution in [2.75, 3.05) is 13.1 Å². The van der Waals surface area contributed by atoms with Crippen molar-refractivity contribution in [3.05, 3.63) is 59.1 Å². The molecular formula is C18H21ClN2O4S2. The second kappa shape index (κ2) is 7.89. The smallest absolute Gasteiger partial charge is 0.207 e. The molecule has 3 rings (SSSR count). The number of hydrogen-bond donors (Lipinski definition) is 1. The van der Waals surface area contributed by atoms with E-state index in [2.05, 4.69) is 4.72 Å². The average molecular weight is 429 g/mol. The first-order chi connectivity index (χ1) is 12.7. The maximum atomic E-state index is 12.6. The Balaban J connectivity index is 1.80. The fourth-order valence-electron chi connectivity index (χ4n) is 3.06. The van der Waals surface area contributed by atoms with Crippen LogP contribution in [-0.2, 0) is 20.0 Å². The van der Waals surface area contributed by atoms with Gasteiger partial charge in [-0.15, -0.1) is 0 Å². The van der Waals surface area contributed by atoms with Crippen molar-refractivity contribution in [3.8, 4) is 0 Å². The molecular weight excluding hydrogens is 408 g/mol. The predicted octanol–water partition coefficient (Wildman–Crippen LogP) is 3.16. The lowest BCUT2D eigenvalue weighted by atomic mass is 10.1. The normalized spacial score (nSPS) is 17.1. The van der Waals surface area contributed by atoms with Crippen molar-refractivity contribution in [1.82, 2.24) is 9.03 Å². The van der Waals surface area contributed by atoms with Crippen molar-refractivity contribution < 1.29 is 16.8 Å². The van der Waals surface area contributed by atoms with E-state index in [1.165, 1.54) is 28.6 Å². The lowest BCUT2D eigenvalue weighted by Gasteiger charge is -2.17. The van der Waals surface area contributed by atoms with Crippen LogP contribution in [0, 0.1) is 0 Å². The van der Waals surface area contributed by atoms with Crippen LogP contribution in [0.25, 0.3) is 0 Å². The minimum atomic E-state index is -3.82. The summed E-state index contributed by atoms with van der Waals surface area (Å²) in [7, 11) is -7.39. The van der Waals surface area contributed by atoms with Crippen LogP contribution < -0.4 is 4.72 Å². The number of rotatable bonds is 6. The van der Waals surface area contributed by atoms with Crippen molar-refractivity contribution in [2.24, 2.45) is 0 Å². The zero-order valence-electron chi connectivity index (χ0n) is 14.8. The third-order valence-electron chi connectivity index (χ3n) is 4.54. The van der Waals surface area contributed by atoms with E-state index in [1.54, 1.807) is 31.2 Å². The Morgan fingerprint density at radius 1 is 0.926 bits per heavy atom. The van der Waals surface area contributed by atoms with Crippen LogP contribution in [0.5, 0.6) is 0 Å². The standard InChI is InChI=1S/C18H21ClN2O4S2/c1-14(17-6-2-3-7-18(17)19)20-26(22,23)15-8-10-16(11-9-15)27(24,25)21-12-4-5-13-21/h2-3,6-11,14,20H,4-5,12-13H2,1H3. The third-order valence-corrected chi connectivity index (χ3v) is 8.35. The van der Waals surface area contributed by atoms with Gasteiger partial charge in [0.05, 0.1) is 9.79 Å². The molecule has 27 heavy (non-hydrogen) atoms. The van der Waals surface area contributed by atoms with E-state index in [4.69, 9.17) is 11.6 Å². The van der Waals surface area contributed by atoms with Gasteiger partial charge < -0.3 is 0 Å². The third kappa shape index (κ3) is 4.35. The number of benzene rings is 2. The highest BCUT2D eigenvalue weighted by atomic mass is 35.5. The van der Waals surface area contributed by atoms with Gasteiger partial charge in [0.1, 0.15) is 0 Å². The van der Waals surface area contributed by atoms with Gasteiger partial charge in [-0.3, -0.25) is 0 Å². The van der Waals surface area contributed by atoms with E-state index >= 15 is 0 Å². The van der Waals surface area contributed by atoms with Crippen LogP contribution in [0.2, 0.25) is 5.02 Å². The Morgan fingerprint density at radius 3 is 2.07 bits per heavy atom. The van der Waals surface area contributed by atoms with Crippen molar-refractivity contribution in [1.29, 1.82) is 0 Å². The first-order valence-corrected chi connectivity index (χ1v) is 11.9. The summed E-state index contributed by atoms with van der Waals surface area (Å²) >= 11 is 6.12. The van der Waals surface area contributed by atoms with E-state index in [0.29, 0.717) is 23.7 Å². The molecule has 1 aliphatic rings. The second-order valence-corrected chi connectivity index (χ2v) is 10.5.